The molecule has 180 valence electrons. The Labute approximate surface area is 191 Å². The van der Waals surface area contributed by atoms with E-state index in [9.17, 15) is 18.0 Å². The monoisotopic (exact) mass is 468 g/mol. The molecule has 0 aliphatic carbocycles. The maximum atomic E-state index is 13.4. The van der Waals surface area contributed by atoms with Crippen LogP contribution in [0.5, 0.6) is 0 Å². The van der Waals surface area contributed by atoms with Crippen LogP contribution in [0.1, 0.15) is 45.6 Å². The van der Waals surface area contributed by atoms with E-state index >= 15 is 0 Å². The maximum Gasteiger partial charge on any atom is 0.408 e. The first-order valence-corrected chi connectivity index (χ1v) is 12.7. The third-order valence-electron chi connectivity index (χ3n) is 5.09. The van der Waals surface area contributed by atoms with E-state index in [1.54, 1.807) is 25.7 Å². The van der Waals surface area contributed by atoms with Gasteiger partial charge < -0.3 is 20.7 Å². The number of rotatable bonds is 10. The molecule has 1 saturated heterocycles. The van der Waals surface area contributed by atoms with Crippen molar-refractivity contribution in [2.45, 2.75) is 64.1 Å². The van der Waals surface area contributed by atoms with Crippen LogP contribution in [0, 0.1) is 0 Å². The van der Waals surface area contributed by atoms with Gasteiger partial charge in [-0.05, 0) is 52.1 Å². The van der Waals surface area contributed by atoms with Crippen molar-refractivity contribution in [2.75, 3.05) is 25.4 Å². The van der Waals surface area contributed by atoms with E-state index in [0.717, 1.165) is 12.0 Å². The molecule has 0 saturated carbocycles. The number of hydrogen-bond donors (Lipinski definition) is 3. The highest BCUT2D eigenvalue weighted by Gasteiger charge is 2.35. The molecule has 1 aliphatic heterocycles. The first-order chi connectivity index (χ1) is 15.0. The highest BCUT2D eigenvalue weighted by molar-refractivity contribution is 7.89. The van der Waals surface area contributed by atoms with Gasteiger partial charge in [-0.1, -0.05) is 30.3 Å². The fourth-order valence-corrected chi connectivity index (χ4v) is 4.74. The van der Waals surface area contributed by atoms with Crippen LogP contribution < -0.4 is 15.8 Å². The van der Waals surface area contributed by atoms with Gasteiger partial charge in [0.2, 0.25) is 15.9 Å². The zero-order valence-electron chi connectivity index (χ0n) is 19.2. The third-order valence-corrected chi connectivity index (χ3v) is 6.52. The molecule has 1 aliphatic rings. The first-order valence-electron chi connectivity index (χ1n) is 11.0. The minimum absolute atomic E-state index is 0.0407. The number of ether oxygens (including phenoxy) is 1. The summed E-state index contributed by atoms with van der Waals surface area (Å²) in [4.78, 5) is 27.5. The minimum Gasteiger partial charge on any atom is -0.444 e. The molecule has 1 heterocycles. The van der Waals surface area contributed by atoms with Gasteiger partial charge in [0.05, 0.1) is 5.75 Å². The highest BCUT2D eigenvalue weighted by Crippen LogP contribution is 2.20. The SMILES string of the molecule is CC(C)(C)OC(=O)N[C@H](Cc1ccccc1)C(=O)N1CCC[C@H]1CNS(=O)(=O)CCCN. The van der Waals surface area contributed by atoms with Crippen LogP contribution in [0.15, 0.2) is 30.3 Å². The van der Waals surface area contributed by atoms with Gasteiger partial charge >= 0.3 is 6.09 Å². The summed E-state index contributed by atoms with van der Waals surface area (Å²) < 4.78 is 32.2. The van der Waals surface area contributed by atoms with E-state index in [1.807, 2.05) is 30.3 Å². The Balaban J connectivity index is 2.11. The van der Waals surface area contributed by atoms with E-state index in [1.165, 1.54) is 0 Å². The predicted molar refractivity (Wildman–Crippen MR) is 123 cm³/mol. The Morgan fingerprint density at radius 3 is 2.56 bits per heavy atom. The molecule has 0 aromatic heterocycles. The number of hydrogen-bond acceptors (Lipinski definition) is 6. The van der Waals surface area contributed by atoms with Crippen molar-refractivity contribution in [2.24, 2.45) is 5.73 Å². The molecule has 10 heteroatoms. The lowest BCUT2D eigenvalue weighted by molar-refractivity contribution is -0.134. The zero-order valence-corrected chi connectivity index (χ0v) is 20.0. The van der Waals surface area contributed by atoms with Gasteiger partial charge in [0.15, 0.2) is 0 Å². The lowest BCUT2D eigenvalue weighted by atomic mass is 10.0. The second kappa shape index (κ2) is 11.6. The maximum absolute atomic E-state index is 13.4. The number of nitrogens with two attached hydrogens (primary N) is 1. The molecular weight excluding hydrogens is 432 g/mol. The summed E-state index contributed by atoms with van der Waals surface area (Å²) in [6.45, 7) is 6.22. The van der Waals surface area contributed by atoms with Gasteiger partial charge in [0, 0.05) is 25.6 Å². The van der Waals surface area contributed by atoms with Crippen molar-refractivity contribution >= 4 is 22.0 Å². The number of carbonyl (C=O) groups excluding carboxylic acids is 2. The van der Waals surface area contributed by atoms with Crippen LogP contribution in [0.4, 0.5) is 4.79 Å². The Hall–Kier alpha value is -2.17. The van der Waals surface area contributed by atoms with Crippen LogP contribution in [0.25, 0.3) is 0 Å². The Kier molecular flexibility index (Phi) is 9.47. The van der Waals surface area contributed by atoms with E-state index in [4.69, 9.17) is 10.5 Å². The third kappa shape index (κ3) is 8.76. The van der Waals surface area contributed by atoms with Crippen LogP contribution in [0.2, 0.25) is 0 Å². The van der Waals surface area contributed by atoms with Crippen molar-refractivity contribution in [3.63, 3.8) is 0 Å². The lowest BCUT2D eigenvalue weighted by Gasteiger charge is -2.30. The summed E-state index contributed by atoms with van der Waals surface area (Å²) >= 11 is 0. The molecule has 9 nitrogen and oxygen atoms in total. The van der Waals surface area contributed by atoms with Crippen LogP contribution in [-0.2, 0) is 26.0 Å². The molecule has 0 radical (unpaired) electrons. The van der Waals surface area contributed by atoms with Crippen LogP contribution in [-0.4, -0.2) is 68.4 Å². The number of carbonyl (C=O) groups is 2. The second-order valence-electron chi connectivity index (χ2n) is 9.03. The van der Waals surface area contributed by atoms with Crippen molar-refractivity contribution in [3.05, 3.63) is 35.9 Å². The summed E-state index contributed by atoms with van der Waals surface area (Å²) in [5.74, 6) is -0.288. The molecule has 1 fully saturated rings. The molecule has 0 spiro atoms. The number of sulfonamides is 1. The van der Waals surface area contributed by atoms with Crippen molar-refractivity contribution < 1.29 is 22.7 Å². The number of likely N-dealkylation sites (tertiary alicyclic amines) is 1. The van der Waals surface area contributed by atoms with Gasteiger partial charge in [0.25, 0.3) is 0 Å². The molecule has 32 heavy (non-hydrogen) atoms. The van der Waals surface area contributed by atoms with Crippen LogP contribution in [0.3, 0.4) is 0 Å². The number of benzene rings is 1. The average molecular weight is 469 g/mol. The fraction of sp³-hybridized carbons (Fsp3) is 0.636. The summed E-state index contributed by atoms with van der Waals surface area (Å²) in [5.41, 5.74) is 5.61. The lowest BCUT2D eigenvalue weighted by Crippen LogP contribution is -2.53. The summed E-state index contributed by atoms with van der Waals surface area (Å²) in [7, 11) is -3.45. The molecule has 2 amide bonds. The molecular formula is C22H36N4O5S. The van der Waals surface area contributed by atoms with Gasteiger partial charge in [0.1, 0.15) is 11.6 Å². The summed E-state index contributed by atoms with van der Waals surface area (Å²) in [5, 5.41) is 2.71. The number of alkyl carbamates (subject to hydrolysis) is 1. The van der Waals surface area contributed by atoms with Crippen molar-refractivity contribution in [1.29, 1.82) is 0 Å². The van der Waals surface area contributed by atoms with Gasteiger partial charge in [-0.3, -0.25) is 4.79 Å². The van der Waals surface area contributed by atoms with Gasteiger partial charge in [-0.15, -0.1) is 0 Å². The molecule has 1 aromatic rings. The molecule has 2 rings (SSSR count). The highest BCUT2D eigenvalue weighted by atomic mass is 32.2. The topological polar surface area (TPSA) is 131 Å². The first kappa shape index (κ1) is 26.1. The van der Waals surface area contributed by atoms with E-state index in [-0.39, 0.29) is 24.2 Å². The fourth-order valence-electron chi connectivity index (χ4n) is 3.61. The van der Waals surface area contributed by atoms with Crippen molar-refractivity contribution in [3.8, 4) is 0 Å². The number of nitrogens with one attached hydrogen (secondary N) is 2. The van der Waals surface area contributed by atoms with Gasteiger partial charge in [-0.2, -0.15) is 0 Å². The van der Waals surface area contributed by atoms with Crippen molar-refractivity contribution in [1.82, 2.24) is 14.9 Å². The Bertz CT molecular complexity index is 855. The standard InChI is InChI=1S/C22H36N4O5S/c1-22(2,3)31-21(28)25-19(15-17-9-5-4-6-10-17)20(27)26-13-7-11-18(26)16-24-32(29,30)14-8-12-23/h4-6,9-10,18-19,24H,7-8,11-16,23H2,1-3H3,(H,25,28)/t18-,19+/m0/s1. The Morgan fingerprint density at radius 2 is 1.94 bits per heavy atom. The average Bonchev–Trinajstić information content (AvgIpc) is 3.18. The molecule has 0 bridgehead atoms. The van der Waals surface area contributed by atoms with Crippen LogP contribution >= 0.6 is 0 Å². The van der Waals surface area contributed by atoms with E-state index in [2.05, 4.69) is 10.0 Å². The molecule has 0 unspecified atom stereocenters. The predicted octanol–water partition coefficient (Wildman–Crippen LogP) is 1.38. The van der Waals surface area contributed by atoms with E-state index < -0.39 is 27.8 Å². The molecule has 2 atom stereocenters. The summed E-state index contributed by atoms with van der Waals surface area (Å²) in [6, 6.07) is 8.33. The summed E-state index contributed by atoms with van der Waals surface area (Å²) in [6.07, 6.45) is 1.48. The zero-order chi connectivity index (χ0) is 23.8. The number of nitrogens with zero attached hydrogens (tertiary/aromatic N) is 1. The molecule has 1 aromatic carbocycles. The second-order valence-corrected chi connectivity index (χ2v) is 11.0. The smallest absolute Gasteiger partial charge is 0.408 e. The largest absolute Gasteiger partial charge is 0.444 e. The normalized spacial score (nSPS) is 17.8. The van der Waals surface area contributed by atoms with E-state index in [0.29, 0.717) is 32.4 Å². The Morgan fingerprint density at radius 1 is 1.25 bits per heavy atom. The number of amides is 2. The van der Waals surface area contributed by atoms with Gasteiger partial charge in [-0.25, -0.2) is 17.9 Å². The quantitative estimate of drug-likeness (QED) is 0.475. The minimum atomic E-state index is -3.45. The molecule has 4 N–H and O–H groups in total.